The second-order valence-electron chi connectivity index (χ2n) is 8.03. The van der Waals surface area contributed by atoms with Crippen LogP contribution in [0.25, 0.3) is 0 Å². The highest BCUT2D eigenvalue weighted by Crippen LogP contribution is 2.28. The van der Waals surface area contributed by atoms with Crippen molar-refractivity contribution in [2.75, 3.05) is 19.1 Å². The normalized spacial score (nSPS) is 11.5. The third kappa shape index (κ3) is 6.45. The minimum Gasteiger partial charge on any atom is -0.492 e. The molecule has 1 aromatic heterocycles. The fourth-order valence-corrected chi connectivity index (χ4v) is 3.77. The number of carbonyl (C=O) groups is 1. The molecule has 3 aromatic rings. The summed E-state index contributed by atoms with van der Waals surface area (Å²) in [6, 6.07) is 12.5. The molecule has 1 heterocycles. The van der Waals surface area contributed by atoms with Gasteiger partial charge in [0.05, 0.1) is 30.5 Å². The molecule has 0 aliphatic rings. The lowest BCUT2D eigenvalue weighted by Crippen LogP contribution is -2.57. The fraction of sp³-hybridized carbons (Fsp3) is 0.360. The number of aromatic nitrogens is 3. The number of hydrogen-bond donors (Lipinski definition) is 1. The van der Waals surface area contributed by atoms with E-state index < -0.39 is 17.3 Å². The molecule has 3 rings (SSSR count). The van der Waals surface area contributed by atoms with E-state index in [9.17, 15) is 14.4 Å². The van der Waals surface area contributed by atoms with Crippen molar-refractivity contribution in [2.24, 2.45) is 4.99 Å². The molecule has 0 atom stereocenters. The molecule has 11 heteroatoms. The van der Waals surface area contributed by atoms with Gasteiger partial charge in [-0.05, 0) is 51.0 Å². The third-order valence-electron chi connectivity index (χ3n) is 5.33. The molecular weight excluding hydrogens is 486 g/mol. The molecule has 0 aliphatic heterocycles. The van der Waals surface area contributed by atoms with E-state index in [-0.39, 0.29) is 38.2 Å². The van der Waals surface area contributed by atoms with Crippen molar-refractivity contribution >= 4 is 23.3 Å². The topological polar surface area (TPSA) is 123 Å². The first-order valence-corrected chi connectivity index (χ1v) is 12.0. The van der Waals surface area contributed by atoms with Crippen molar-refractivity contribution in [1.82, 2.24) is 13.8 Å². The number of halogens is 1. The van der Waals surface area contributed by atoms with E-state index >= 15 is 0 Å². The number of nitrogen functional groups attached to an aromatic ring is 1. The van der Waals surface area contributed by atoms with E-state index in [1.165, 1.54) is 4.57 Å². The van der Waals surface area contributed by atoms with Crippen molar-refractivity contribution in [3.05, 3.63) is 85.2 Å². The van der Waals surface area contributed by atoms with Crippen LogP contribution >= 0.6 is 11.6 Å². The van der Waals surface area contributed by atoms with Crippen LogP contribution in [-0.2, 0) is 22.6 Å². The van der Waals surface area contributed by atoms with Gasteiger partial charge in [0.15, 0.2) is 0 Å². The molecule has 0 saturated heterocycles. The van der Waals surface area contributed by atoms with Gasteiger partial charge in [-0.3, -0.25) is 9.36 Å². The number of nitrogens with two attached hydrogens (primary N) is 1. The van der Waals surface area contributed by atoms with Crippen LogP contribution < -0.4 is 27.6 Å². The van der Waals surface area contributed by atoms with Gasteiger partial charge in [-0.1, -0.05) is 41.4 Å². The Hall–Kier alpha value is -3.79. The second kappa shape index (κ2) is 12.3. The molecule has 0 amide bonds. The number of hydrogen-bond acceptors (Lipinski definition) is 7. The molecule has 0 spiro atoms. The van der Waals surface area contributed by atoms with Crippen molar-refractivity contribution in [3.8, 4) is 5.75 Å². The summed E-state index contributed by atoms with van der Waals surface area (Å²) in [7, 11) is 0. The quantitative estimate of drug-likeness (QED) is 0.327. The Kier molecular flexibility index (Phi) is 9.13. The molecule has 192 valence electrons. The number of aryl methyl sites for hydroxylation is 1. The first kappa shape index (κ1) is 26.8. The average Bonchev–Trinajstić information content (AvgIpc) is 2.85. The Morgan fingerprint density at radius 1 is 1.03 bits per heavy atom. The molecule has 0 aliphatic carbocycles. The van der Waals surface area contributed by atoms with Crippen molar-refractivity contribution in [3.63, 3.8) is 0 Å². The fourth-order valence-electron chi connectivity index (χ4n) is 3.54. The summed E-state index contributed by atoms with van der Waals surface area (Å²) in [4.78, 5) is 42.7. The highest BCUT2D eigenvalue weighted by Gasteiger charge is 2.15. The van der Waals surface area contributed by atoms with Crippen LogP contribution in [0.5, 0.6) is 5.75 Å². The number of benzene rings is 2. The van der Waals surface area contributed by atoms with Gasteiger partial charge in [0.25, 0.3) is 0 Å². The van der Waals surface area contributed by atoms with E-state index in [2.05, 4.69) is 4.99 Å². The third-order valence-corrected chi connectivity index (χ3v) is 5.62. The Morgan fingerprint density at radius 3 is 2.39 bits per heavy atom. The summed E-state index contributed by atoms with van der Waals surface area (Å²) < 4.78 is 13.5. The van der Waals surface area contributed by atoms with E-state index in [1.54, 1.807) is 25.1 Å². The summed E-state index contributed by atoms with van der Waals surface area (Å²) >= 11 is 6.30. The number of esters is 1. The van der Waals surface area contributed by atoms with E-state index in [4.69, 9.17) is 26.9 Å². The Morgan fingerprint density at radius 2 is 1.75 bits per heavy atom. The van der Waals surface area contributed by atoms with Gasteiger partial charge >= 0.3 is 17.3 Å². The molecule has 2 N–H and O–H groups in total. The minimum atomic E-state index is -0.750. The molecular formula is C25H30ClN5O5. The SMILES string of the molecule is CCOC(=O)CCCn1c(=O)n(N)/c(=N\c2ccc(OCC)c(Cl)c2)n(Cc2ccc(C)cc2)c1=O. The van der Waals surface area contributed by atoms with Gasteiger partial charge in [0.2, 0.25) is 5.62 Å². The van der Waals surface area contributed by atoms with E-state index in [0.29, 0.717) is 23.1 Å². The summed E-state index contributed by atoms with van der Waals surface area (Å²) in [5, 5.41) is 0.335. The zero-order chi connectivity index (χ0) is 26.2. The number of ether oxygens (including phenoxy) is 2. The van der Waals surface area contributed by atoms with Crippen LogP contribution in [0.3, 0.4) is 0 Å². The molecule has 0 unspecified atom stereocenters. The van der Waals surface area contributed by atoms with Crippen LogP contribution in [0.15, 0.2) is 57.0 Å². The van der Waals surface area contributed by atoms with Crippen LogP contribution in [0.1, 0.15) is 37.8 Å². The zero-order valence-electron chi connectivity index (χ0n) is 20.6. The second-order valence-corrected chi connectivity index (χ2v) is 8.43. The number of rotatable bonds is 10. The maximum absolute atomic E-state index is 13.5. The first-order valence-electron chi connectivity index (χ1n) is 11.6. The predicted molar refractivity (Wildman–Crippen MR) is 137 cm³/mol. The standard InChI is InChI=1S/C25H30ClN5O5/c1-4-35-21-13-12-19(15-20(21)26)28-23-30(16-18-10-8-17(3)9-11-18)24(33)29(25(34)31(23)27)14-6-7-22(32)36-5-2/h8-13,15H,4-7,14,16,27H2,1-3H3/b28-23-. The van der Waals surface area contributed by atoms with Crippen molar-refractivity contribution in [2.45, 2.75) is 46.7 Å². The smallest absolute Gasteiger partial charge is 0.353 e. The molecule has 0 saturated carbocycles. The summed E-state index contributed by atoms with van der Waals surface area (Å²) in [5.41, 5.74) is 0.881. The lowest BCUT2D eigenvalue weighted by Gasteiger charge is -2.14. The summed E-state index contributed by atoms with van der Waals surface area (Å²) in [6.45, 7) is 6.35. The van der Waals surface area contributed by atoms with Crippen LogP contribution in [0.4, 0.5) is 5.69 Å². The van der Waals surface area contributed by atoms with Crippen molar-refractivity contribution in [1.29, 1.82) is 0 Å². The monoisotopic (exact) mass is 515 g/mol. The lowest BCUT2D eigenvalue weighted by molar-refractivity contribution is -0.143. The van der Waals surface area contributed by atoms with Gasteiger partial charge in [-0.25, -0.2) is 19.1 Å². The van der Waals surface area contributed by atoms with Gasteiger partial charge in [-0.15, -0.1) is 0 Å². The molecule has 2 aromatic carbocycles. The first-order chi connectivity index (χ1) is 17.2. The van der Waals surface area contributed by atoms with Gasteiger partial charge in [-0.2, -0.15) is 4.68 Å². The summed E-state index contributed by atoms with van der Waals surface area (Å²) in [5.74, 6) is 6.25. The van der Waals surface area contributed by atoms with Gasteiger partial charge in [0.1, 0.15) is 5.75 Å². The number of carbonyl (C=O) groups excluding carboxylic acids is 1. The Bertz CT molecular complexity index is 1410. The number of nitrogens with zero attached hydrogens (tertiary/aromatic N) is 4. The van der Waals surface area contributed by atoms with Crippen molar-refractivity contribution < 1.29 is 14.3 Å². The average molecular weight is 516 g/mol. The molecule has 0 fully saturated rings. The van der Waals surface area contributed by atoms with Gasteiger partial charge in [0, 0.05) is 13.0 Å². The summed E-state index contributed by atoms with van der Waals surface area (Å²) in [6.07, 6.45) is 0.308. The van der Waals surface area contributed by atoms with Crippen LogP contribution in [0.2, 0.25) is 5.02 Å². The van der Waals surface area contributed by atoms with Crippen LogP contribution in [-0.4, -0.2) is 33.0 Å². The maximum Gasteiger partial charge on any atom is 0.353 e. The molecule has 10 nitrogen and oxygen atoms in total. The Balaban J connectivity index is 2.12. The molecule has 0 radical (unpaired) electrons. The van der Waals surface area contributed by atoms with E-state index in [1.807, 2.05) is 38.1 Å². The Labute approximate surface area is 213 Å². The maximum atomic E-state index is 13.5. The predicted octanol–water partition coefficient (Wildman–Crippen LogP) is 2.51. The zero-order valence-corrected chi connectivity index (χ0v) is 21.3. The molecule has 36 heavy (non-hydrogen) atoms. The minimum absolute atomic E-state index is 0.00323. The largest absolute Gasteiger partial charge is 0.492 e. The van der Waals surface area contributed by atoms with Gasteiger partial charge < -0.3 is 15.3 Å². The van der Waals surface area contributed by atoms with Crippen LogP contribution in [0, 0.1) is 6.92 Å². The molecule has 0 bridgehead atoms. The highest BCUT2D eigenvalue weighted by molar-refractivity contribution is 6.32. The highest BCUT2D eigenvalue weighted by atomic mass is 35.5. The lowest BCUT2D eigenvalue weighted by atomic mass is 10.1. The van der Waals surface area contributed by atoms with E-state index in [0.717, 1.165) is 20.4 Å².